The first-order valence-electron chi connectivity index (χ1n) is 7.05. The van der Waals surface area contributed by atoms with Gasteiger partial charge in [0.25, 0.3) is 0 Å². The average molecular weight is 292 g/mol. The number of rotatable bonds is 4. The van der Waals surface area contributed by atoms with E-state index in [0.717, 1.165) is 27.9 Å². The number of anilines is 1. The van der Waals surface area contributed by atoms with Crippen molar-refractivity contribution in [2.24, 2.45) is 12.9 Å². The summed E-state index contributed by atoms with van der Waals surface area (Å²) in [4.78, 5) is 9.10. The van der Waals surface area contributed by atoms with Crippen LogP contribution in [0.25, 0.3) is 11.0 Å². The third-order valence-corrected chi connectivity index (χ3v) is 5.14. The van der Waals surface area contributed by atoms with Crippen molar-refractivity contribution in [1.29, 1.82) is 0 Å². The van der Waals surface area contributed by atoms with E-state index in [4.69, 9.17) is 5.84 Å². The van der Waals surface area contributed by atoms with Crippen molar-refractivity contribution in [3.8, 4) is 0 Å². The second kappa shape index (κ2) is 5.97. The molecule has 0 unspecified atom stereocenters. The van der Waals surface area contributed by atoms with E-state index in [0.29, 0.717) is 5.82 Å². The molecule has 6 nitrogen and oxygen atoms in total. The number of nitrogens with two attached hydrogens (primary N) is 1. The zero-order valence-electron chi connectivity index (χ0n) is 11.7. The van der Waals surface area contributed by atoms with Crippen LogP contribution in [0.4, 0.5) is 5.82 Å². The highest BCUT2D eigenvalue weighted by molar-refractivity contribution is 7.99. The fraction of sp³-hybridized carbons (Fsp3) is 0.615. The summed E-state index contributed by atoms with van der Waals surface area (Å²) in [7, 11) is 1.88. The summed E-state index contributed by atoms with van der Waals surface area (Å²) in [5, 5.41) is 5.82. The first kappa shape index (κ1) is 13.6. The molecule has 3 rings (SSSR count). The summed E-state index contributed by atoms with van der Waals surface area (Å²) in [6.45, 7) is 0. The first-order chi connectivity index (χ1) is 9.78. The van der Waals surface area contributed by atoms with Gasteiger partial charge in [-0.05, 0) is 12.8 Å². The highest BCUT2D eigenvalue weighted by Crippen LogP contribution is 2.30. The van der Waals surface area contributed by atoms with E-state index in [2.05, 4.69) is 20.5 Å². The smallest absolute Gasteiger partial charge is 0.163 e. The van der Waals surface area contributed by atoms with Crippen LogP contribution < -0.4 is 11.3 Å². The molecule has 2 aromatic heterocycles. The number of nitrogens with one attached hydrogen (secondary N) is 1. The minimum Gasteiger partial charge on any atom is -0.308 e. The van der Waals surface area contributed by atoms with Gasteiger partial charge in [0.1, 0.15) is 5.82 Å². The van der Waals surface area contributed by atoms with Crippen LogP contribution in [-0.4, -0.2) is 25.0 Å². The molecule has 1 aliphatic carbocycles. The van der Waals surface area contributed by atoms with Crippen LogP contribution in [0.5, 0.6) is 0 Å². The van der Waals surface area contributed by atoms with Gasteiger partial charge in [0.15, 0.2) is 11.5 Å². The summed E-state index contributed by atoms with van der Waals surface area (Å²) < 4.78 is 1.76. The Labute approximate surface area is 122 Å². The Hall–Kier alpha value is -1.34. The van der Waals surface area contributed by atoms with Crippen molar-refractivity contribution < 1.29 is 0 Å². The maximum atomic E-state index is 5.55. The van der Waals surface area contributed by atoms with E-state index in [1.165, 1.54) is 32.1 Å². The second-order valence-electron chi connectivity index (χ2n) is 5.21. The third kappa shape index (κ3) is 2.73. The van der Waals surface area contributed by atoms with Crippen molar-refractivity contribution in [3.63, 3.8) is 0 Å². The molecule has 1 aliphatic rings. The predicted molar refractivity (Wildman–Crippen MR) is 82.3 cm³/mol. The second-order valence-corrected chi connectivity index (χ2v) is 6.50. The third-order valence-electron chi connectivity index (χ3n) is 3.78. The van der Waals surface area contributed by atoms with Crippen LogP contribution in [0.3, 0.4) is 0 Å². The molecule has 0 atom stereocenters. The minimum absolute atomic E-state index is 0.655. The molecule has 0 aliphatic heterocycles. The van der Waals surface area contributed by atoms with Gasteiger partial charge in [0.2, 0.25) is 0 Å². The van der Waals surface area contributed by atoms with Gasteiger partial charge in [-0.15, -0.1) is 0 Å². The molecule has 1 fully saturated rings. The molecule has 108 valence electrons. The number of thioether (sulfide) groups is 1. The quantitative estimate of drug-likeness (QED) is 0.664. The molecule has 2 aromatic rings. The Morgan fingerprint density at radius 3 is 2.90 bits per heavy atom. The standard InChI is InChI=1S/C13H20N6S/c1-19-13-10(7-15-19)12(18-14)16-11(17-13)8-20-9-5-3-2-4-6-9/h7,9H,2-6,8,14H2,1H3,(H,16,17,18). The van der Waals surface area contributed by atoms with Crippen molar-refractivity contribution in [1.82, 2.24) is 19.7 Å². The monoisotopic (exact) mass is 292 g/mol. The van der Waals surface area contributed by atoms with Crippen molar-refractivity contribution in [3.05, 3.63) is 12.0 Å². The zero-order valence-corrected chi connectivity index (χ0v) is 12.5. The zero-order chi connectivity index (χ0) is 13.9. The molecule has 0 radical (unpaired) electrons. The molecular formula is C13H20N6S. The molecule has 0 spiro atoms. The van der Waals surface area contributed by atoms with Gasteiger partial charge < -0.3 is 5.43 Å². The molecule has 0 bridgehead atoms. The largest absolute Gasteiger partial charge is 0.308 e. The van der Waals surface area contributed by atoms with Crippen LogP contribution in [-0.2, 0) is 12.8 Å². The van der Waals surface area contributed by atoms with Gasteiger partial charge in [-0.1, -0.05) is 19.3 Å². The first-order valence-corrected chi connectivity index (χ1v) is 8.09. The summed E-state index contributed by atoms with van der Waals surface area (Å²) in [5.41, 5.74) is 3.47. The lowest BCUT2D eigenvalue weighted by atomic mass is 10.0. The van der Waals surface area contributed by atoms with Crippen LogP contribution >= 0.6 is 11.8 Å². The van der Waals surface area contributed by atoms with Crippen LogP contribution in [0, 0.1) is 0 Å². The lowest BCUT2D eigenvalue weighted by Crippen LogP contribution is -2.12. The number of nitrogens with zero attached hydrogens (tertiary/aromatic N) is 4. The van der Waals surface area contributed by atoms with E-state index in [1.54, 1.807) is 10.9 Å². The fourth-order valence-corrected chi connectivity index (χ4v) is 3.85. The number of nitrogen functional groups attached to an aromatic ring is 1. The number of aromatic nitrogens is 4. The van der Waals surface area contributed by atoms with E-state index in [9.17, 15) is 0 Å². The van der Waals surface area contributed by atoms with Crippen LogP contribution in [0.15, 0.2) is 6.20 Å². The number of hydrogen-bond acceptors (Lipinski definition) is 6. The highest BCUT2D eigenvalue weighted by atomic mass is 32.2. The summed E-state index contributed by atoms with van der Waals surface area (Å²) in [6, 6.07) is 0. The Bertz CT molecular complexity index is 590. The minimum atomic E-state index is 0.655. The van der Waals surface area contributed by atoms with Crippen LogP contribution in [0.2, 0.25) is 0 Å². The summed E-state index contributed by atoms with van der Waals surface area (Å²) in [6.07, 6.45) is 8.48. The molecule has 20 heavy (non-hydrogen) atoms. The van der Waals surface area contributed by atoms with Gasteiger partial charge in [0, 0.05) is 12.3 Å². The fourth-order valence-electron chi connectivity index (χ4n) is 2.67. The molecule has 0 aromatic carbocycles. The van der Waals surface area contributed by atoms with Gasteiger partial charge >= 0.3 is 0 Å². The number of fused-ring (bicyclic) bond motifs is 1. The van der Waals surface area contributed by atoms with Crippen LogP contribution in [0.1, 0.15) is 37.9 Å². The summed E-state index contributed by atoms with van der Waals surface area (Å²) in [5.74, 6) is 7.86. The number of hydrogen-bond donors (Lipinski definition) is 2. The van der Waals surface area contributed by atoms with E-state index in [-0.39, 0.29) is 0 Å². The molecule has 7 heteroatoms. The highest BCUT2D eigenvalue weighted by Gasteiger charge is 2.16. The lowest BCUT2D eigenvalue weighted by molar-refractivity contribution is 0.516. The van der Waals surface area contributed by atoms with Gasteiger partial charge in [-0.25, -0.2) is 15.8 Å². The normalized spacial score (nSPS) is 16.7. The van der Waals surface area contributed by atoms with Gasteiger partial charge in [-0.2, -0.15) is 16.9 Å². The van der Waals surface area contributed by atoms with E-state index < -0.39 is 0 Å². The Morgan fingerprint density at radius 1 is 1.35 bits per heavy atom. The SMILES string of the molecule is Cn1ncc2c(NN)nc(CSC3CCCCC3)nc21. The molecule has 0 amide bonds. The van der Waals surface area contributed by atoms with Crippen molar-refractivity contribution >= 4 is 28.6 Å². The van der Waals surface area contributed by atoms with E-state index in [1.807, 2.05) is 18.8 Å². The Kier molecular flexibility index (Phi) is 4.07. The van der Waals surface area contributed by atoms with Gasteiger partial charge in [0.05, 0.1) is 17.3 Å². The lowest BCUT2D eigenvalue weighted by Gasteiger charge is -2.20. The number of aryl methyl sites for hydroxylation is 1. The Balaban J connectivity index is 1.78. The molecule has 3 N–H and O–H groups in total. The molecule has 2 heterocycles. The number of hydrazine groups is 1. The molecule has 0 saturated heterocycles. The average Bonchev–Trinajstić information content (AvgIpc) is 2.87. The maximum Gasteiger partial charge on any atom is 0.163 e. The predicted octanol–water partition coefficient (Wildman–Crippen LogP) is 2.21. The Morgan fingerprint density at radius 2 is 2.15 bits per heavy atom. The molecule has 1 saturated carbocycles. The summed E-state index contributed by atoms with van der Waals surface area (Å²) >= 11 is 1.96. The molecular weight excluding hydrogens is 272 g/mol. The van der Waals surface area contributed by atoms with E-state index >= 15 is 0 Å². The van der Waals surface area contributed by atoms with Gasteiger partial charge in [-0.3, -0.25) is 4.68 Å². The topological polar surface area (TPSA) is 81.7 Å². The van der Waals surface area contributed by atoms with Crippen molar-refractivity contribution in [2.45, 2.75) is 43.1 Å². The van der Waals surface area contributed by atoms with Crippen molar-refractivity contribution in [2.75, 3.05) is 5.43 Å². The maximum absolute atomic E-state index is 5.55.